The van der Waals surface area contributed by atoms with Crippen molar-refractivity contribution in [1.29, 1.82) is 0 Å². The van der Waals surface area contributed by atoms with Crippen molar-refractivity contribution in [2.45, 2.75) is 36.2 Å². The van der Waals surface area contributed by atoms with E-state index in [0.717, 1.165) is 16.7 Å². The van der Waals surface area contributed by atoms with E-state index in [1.54, 1.807) is 24.2 Å². The van der Waals surface area contributed by atoms with E-state index in [-0.39, 0.29) is 0 Å². The number of imidazole rings is 1. The quantitative estimate of drug-likeness (QED) is 0.652. The second kappa shape index (κ2) is 5.92. The van der Waals surface area contributed by atoms with Gasteiger partial charge in [0.25, 0.3) is 0 Å². The van der Waals surface area contributed by atoms with E-state index >= 15 is 0 Å². The van der Waals surface area contributed by atoms with Crippen LogP contribution >= 0.6 is 11.8 Å². The number of aromatic nitrogens is 5. The normalized spacial score (nSPS) is 14.4. The maximum atomic E-state index is 5.67. The van der Waals surface area contributed by atoms with Gasteiger partial charge in [-0.25, -0.2) is 4.98 Å². The molecule has 0 amide bonds. The molecule has 4 rings (SSSR count). The van der Waals surface area contributed by atoms with Gasteiger partial charge in [0, 0.05) is 24.5 Å². The molecular weight excluding hydrogens is 298 g/mol. The van der Waals surface area contributed by atoms with Crippen molar-refractivity contribution < 1.29 is 4.42 Å². The molecule has 1 aliphatic carbocycles. The van der Waals surface area contributed by atoms with Crippen molar-refractivity contribution >= 4 is 11.8 Å². The molecule has 0 N–H and O–H groups in total. The lowest BCUT2D eigenvalue weighted by atomic mass is 10.3. The highest BCUT2D eigenvalue weighted by Crippen LogP contribution is 2.39. The van der Waals surface area contributed by atoms with Crippen molar-refractivity contribution in [1.82, 2.24) is 24.7 Å². The number of hydrogen-bond donors (Lipinski definition) is 0. The third-order valence-corrected chi connectivity index (χ3v) is 4.46. The van der Waals surface area contributed by atoms with Gasteiger partial charge in [-0.3, -0.25) is 4.98 Å². The lowest BCUT2D eigenvalue weighted by Crippen LogP contribution is -2.02. The van der Waals surface area contributed by atoms with Crippen molar-refractivity contribution in [2.24, 2.45) is 0 Å². The summed E-state index contributed by atoms with van der Waals surface area (Å²) in [6, 6.07) is 5.92. The Kier molecular flexibility index (Phi) is 3.64. The maximum Gasteiger partial charge on any atom is 0.226 e. The van der Waals surface area contributed by atoms with Gasteiger partial charge < -0.3 is 8.98 Å². The molecule has 0 radical (unpaired) electrons. The van der Waals surface area contributed by atoms with Gasteiger partial charge in [0.15, 0.2) is 5.16 Å². The molecule has 0 saturated heterocycles. The van der Waals surface area contributed by atoms with Crippen LogP contribution in [0.15, 0.2) is 46.4 Å². The Hall–Kier alpha value is -2.15. The predicted molar refractivity (Wildman–Crippen MR) is 81.4 cm³/mol. The molecule has 0 bridgehead atoms. The van der Waals surface area contributed by atoms with Crippen LogP contribution in [0.5, 0.6) is 0 Å². The molecule has 3 aromatic heterocycles. The van der Waals surface area contributed by atoms with Crippen LogP contribution in [0.1, 0.15) is 36.2 Å². The molecule has 0 aliphatic heterocycles. The third-order valence-electron chi connectivity index (χ3n) is 3.47. The maximum absolute atomic E-state index is 5.67. The van der Waals surface area contributed by atoms with Gasteiger partial charge in [0.2, 0.25) is 11.8 Å². The number of thioether (sulfide) groups is 1. The zero-order valence-corrected chi connectivity index (χ0v) is 12.7. The van der Waals surface area contributed by atoms with Crippen LogP contribution in [0.3, 0.4) is 0 Å². The van der Waals surface area contributed by atoms with Gasteiger partial charge in [0.1, 0.15) is 0 Å². The highest BCUT2D eigenvalue weighted by molar-refractivity contribution is 7.98. The Morgan fingerprint density at radius 1 is 1.18 bits per heavy atom. The minimum absolute atomic E-state index is 0.498. The summed E-state index contributed by atoms with van der Waals surface area (Å²) >= 11 is 1.60. The van der Waals surface area contributed by atoms with E-state index < -0.39 is 0 Å². The number of pyridine rings is 1. The Morgan fingerprint density at radius 2 is 2.14 bits per heavy atom. The number of hydrogen-bond acceptors (Lipinski definition) is 6. The van der Waals surface area contributed by atoms with Crippen molar-refractivity contribution in [2.75, 3.05) is 0 Å². The Morgan fingerprint density at radius 3 is 2.95 bits per heavy atom. The van der Waals surface area contributed by atoms with Crippen molar-refractivity contribution in [3.8, 4) is 0 Å². The molecule has 22 heavy (non-hydrogen) atoms. The van der Waals surface area contributed by atoms with E-state index in [1.807, 2.05) is 24.4 Å². The van der Waals surface area contributed by atoms with E-state index in [1.165, 1.54) is 12.8 Å². The average molecular weight is 313 g/mol. The van der Waals surface area contributed by atoms with Crippen molar-refractivity contribution in [3.05, 3.63) is 54.3 Å². The summed E-state index contributed by atoms with van der Waals surface area (Å²) < 4.78 is 7.75. The van der Waals surface area contributed by atoms with E-state index in [0.29, 0.717) is 24.1 Å². The second-order valence-electron chi connectivity index (χ2n) is 5.26. The van der Waals surface area contributed by atoms with Crippen molar-refractivity contribution in [3.63, 3.8) is 0 Å². The lowest BCUT2D eigenvalue weighted by molar-refractivity contribution is 0.466. The molecule has 0 atom stereocenters. The molecular formula is C15H15N5OS. The third kappa shape index (κ3) is 3.04. The van der Waals surface area contributed by atoms with Gasteiger partial charge in [-0.05, 0) is 25.0 Å². The largest absolute Gasteiger partial charge is 0.424 e. The summed E-state index contributed by atoms with van der Waals surface area (Å²) in [4.78, 5) is 8.73. The zero-order chi connectivity index (χ0) is 14.8. The standard InChI is InChI=1S/C15H15N5OS/c1-2-6-16-12(3-1)9-20-8-7-17-15(20)22-10-13-18-19-14(21-13)11-4-5-11/h1-3,6-8,11H,4-5,9-10H2. The number of rotatable bonds is 6. The van der Waals surface area contributed by atoms with E-state index in [2.05, 4.69) is 24.7 Å². The first-order chi connectivity index (χ1) is 10.9. The summed E-state index contributed by atoms with van der Waals surface area (Å²) in [6.45, 7) is 0.709. The summed E-state index contributed by atoms with van der Waals surface area (Å²) in [5.41, 5.74) is 1.01. The Balaban J connectivity index is 1.41. The summed E-state index contributed by atoms with van der Waals surface area (Å²) in [6.07, 6.45) is 7.90. The molecule has 112 valence electrons. The topological polar surface area (TPSA) is 69.6 Å². The highest BCUT2D eigenvalue weighted by Gasteiger charge is 2.29. The molecule has 7 heteroatoms. The molecule has 0 aromatic carbocycles. The molecule has 1 fully saturated rings. The first-order valence-corrected chi connectivity index (χ1v) is 8.23. The van der Waals surface area contributed by atoms with Crippen LogP contribution in [0.25, 0.3) is 0 Å². The Bertz CT molecular complexity index is 750. The van der Waals surface area contributed by atoms with Crippen LogP contribution < -0.4 is 0 Å². The van der Waals surface area contributed by atoms with Crippen LogP contribution in [0, 0.1) is 0 Å². The molecule has 0 unspecified atom stereocenters. The van der Waals surface area contributed by atoms with Gasteiger partial charge in [-0.1, -0.05) is 17.8 Å². The fourth-order valence-electron chi connectivity index (χ4n) is 2.17. The molecule has 0 spiro atoms. The van der Waals surface area contributed by atoms with E-state index in [9.17, 15) is 0 Å². The monoisotopic (exact) mass is 313 g/mol. The van der Waals surface area contributed by atoms with Crippen LogP contribution in [-0.4, -0.2) is 24.7 Å². The smallest absolute Gasteiger partial charge is 0.226 e. The highest BCUT2D eigenvalue weighted by atomic mass is 32.2. The molecule has 1 aliphatic rings. The molecule has 1 saturated carbocycles. The summed E-state index contributed by atoms with van der Waals surface area (Å²) in [5.74, 6) is 2.59. The molecule has 6 nitrogen and oxygen atoms in total. The van der Waals surface area contributed by atoms with Gasteiger partial charge in [0.05, 0.1) is 18.0 Å². The first kappa shape index (κ1) is 13.5. The van der Waals surface area contributed by atoms with Gasteiger partial charge >= 0.3 is 0 Å². The van der Waals surface area contributed by atoms with Gasteiger partial charge in [-0.15, -0.1) is 10.2 Å². The van der Waals surface area contributed by atoms with Crippen LogP contribution in [-0.2, 0) is 12.3 Å². The molecule has 3 heterocycles. The summed E-state index contributed by atoms with van der Waals surface area (Å²) in [7, 11) is 0. The zero-order valence-electron chi connectivity index (χ0n) is 11.9. The first-order valence-electron chi connectivity index (χ1n) is 7.24. The van der Waals surface area contributed by atoms with Crippen LogP contribution in [0.2, 0.25) is 0 Å². The summed E-state index contributed by atoms with van der Waals surface area (Å²) in [5, 5.41) is 9.13. The lowest BCUT2D eigenvalue weighted by Gasteiger charge is -2.05. The molecule has 3 aromatic rings. The Labute approximate surface area is 132 Å². The predicted octanol–water partition coefficient (Wildman–Crippen LogP) is 2.88. The van der Waals surface area contributed by atoms with E-state index in [4.69, 9.17) is 4.42 Å². The second-order valence-corrected chi connectivity index (χ2v) is 6.20. The minimum Gasteiger partial charge on any atom is -0.424 e. The fourth-order valence-corrected chi connectivity index (χ4v) is 2.96. The van der Waals surface area contributed by atoms with Gasteiger partial charge in [-0.2, -0.15) is 0 Å². The SMILES string of the molecule is c1ccc(Cn2ccnc2SCc2nnc(C3CC3)o2)nc1. The average Bonchev–Trinajstić information content (AvgIpc) is 3.13. The minimum atomic E-state index is 0.498. The van der Waals surface area contributed by atoms with Crippen LogP contribution in [0.4, 0.5) is 0 Å². The fraction of sp³-hybridized carbons (Fsp3) is 0.333. The number of nitrogens with zero attached hydrogens (tertiary/aromatic N) is 5.